The van der Waals surface area contributed by atoms with Gasteiger partial charge in [0.2, 0.25) is 0 Å². The molecule has 0 aliphatic carbocycles. The number of hydrogen-bond donors (Lipinski definition) is 1. The van der Waals surface area contributed by atoms with Crippen LogP contribution in [0.2, 0.25) is 0 Å². The van der Waals surface area contributed by atoms with Gasteiger partial charge in [-0.1, -0.05) is 19.9 Å². The summed E-state index contributed by atoms with van der Waals surface area (Å²) in [4.78, 5) is 2.45. The Bertz CT molecular complexity index is 153. The predicted octanol–water partition coefficient (Wildman–Crippen LogP) is 2.52. The molecule has 0 heterocycles. The highest BCUT2D eigenvalue weighted by atomic mass is 15.1. The topological polar surface area (TPSA) is 15.3 Å². The Balaban J connectivity index is 3.49. The summed E-state index contributed by atoms with van der Waals surface area (Å²) in [5, 5.41) is 3.47. The number of rotatable bonds is 9. The summed E-state index contributed by atoms with van der Waals surface area (Å²) >= 11 is 0. The van der Waals surface area contributed by atoms with E-state index >= 15 is 0 Å². The first-order valence-corrected chi connectivity index (χ1v) is 6.13. The fraction of sp³-hybridized carbons (Fsp3) is 0.846. The minimum atomic E-state index is 0.619. The number of nitrogens with zero attached hydrogens (tertiary/aromatic N) is 1. The lowest BCUT2D eigenvalue weighted by atomic mass is 10.2. The third-order valence-corrected chi connectivity index (χ3v) is 2.45. The molecule has 0 bridgehead atoms. The molecule has 90 valence electrons. The van der Waals surface area contributed by atoms with E-state index in [1.807, 2.05) is 6.08 Å². The molecule has 0 saturated heterocycles. The lowest BCUT2D eigenvalue weighted by Gasteiger charge is -2.24. The van der Waals surface area contributed by atoms with Crippen LogP contribution in [0.4, 0.5) is 0 Å². The summed E-state index contributed by atoms with van der Waals surface area (Å²) < 4.78 is 0. The maximum atomic E-state index is 3.79. The smallest absolute Gasteiger partial charge is 0.0163 e. The molecule has 2 heteroatoms. The Morgan fingerprint density at radius 1 is 1.27 bits per heavy atom. The number of nitrogens with one attached hydrogen (secondary N) is 1. The van der Waals surface area contributed by atoms with Crippen molar-refractivity contribution < 1.29 is 0 Å². The van der Waals surface area contributed by atoms with E-state index in [2.05, 4.69) is 44.5 Å². The third kappa shape index (κ3) is 8.64. The molecule has 0 aliphatic rings. The van der Waals surface area contributed by atoms with Gasteiger partial charge in [-0.05, 0) is 45.8 Å². The van der Waals surface area contributed by atoms with Crippen LogP contribution in [0.3, 0.4) is 0 Å². The zero-order valence-corrected chi connectivity index (χ0v) is 10.9. The van der Waals surface area contributed by atoms with Crippen molar-refractivity contribution >= 4 is 0 Å². The first-order valence-electron chi connectivity index (χ1n) is 6.13. The molecule has 1 N–H and O–H groups in total. The Hall–Kier alpha value is -0.340. The molecular weight excluding hydrogens is 184 g/mol. The predicted molar refractivity (Wildman–Crippen MR) is 69.2 cm³/mol. The van der Waals surface area contributed by atoms with E-state index in [4.69, 9.17) is 0 Å². The highest BCUT2D eigenvalue weighted by molar-refractivity contribution is 4.75. The van der Waals surface area contributed by atoms with E-state index in [9.17, 15) is 0 Å². The molecule has 0 aliphatic heterocycles. The molecule has 0 atom stereocenters. The van der Waals surface area contributed by atoms with E-state index in [1.165, 1.54) is 6.42 Å². The van der Waals surface area contributed by atoms with Crippen LogP contribution in [0.1, 0.15) is 34.1 Å². The third-order valence-electron chi connectivity index (χ3n) is 2.45. The molecule has 0 amide bonds. The van der Waals surface area contributed by atoms with Gasteiger partial charge in [0, 0.05) is 12.6 Å². The lowest BCUT2D eigenvalue weighted by Crippen LogP contribution is -2.33. The first kappa shape index (κ1) is 14.7. The van der Waals surface area contributed by atoms with Gasteiger partial charge in [-0.3, -0.25) is 4.90 Å². The van der Waals surface area contributed by atoms with Gasteiger partial charge < -0.3 is 5.32 Å². The standard InChI is InChI=1S/C13H28N2/c1-6-9-15(13(4)5)10-7-8-14-11-12(2)3/h6,12-14H,1,7-11H2,2-5H3. The number of hydrogen-bond acceptors (Lipinski definition) is 2. The molecule has 0 saturated carbocycles. The second kappa shape index (κ2) is 8.93. The normalized spacial score (nSPS) is 11.7. The van der Waals surface area contributed by atoms with Gasteiger partial charge in [-0.15, -0.1) is 6.58 Å². The summed E-state index contributed by atoms with van der Waals surface area (Å²) in [6.45, 7) is 17.2. The fourth-order valence-corrected chi connectivity index (χ4v) is 1.52. The summed E-state index contributed by atoms with van der Waals surface area (Å²) in [5.41, 5.74) is 0. The van der Waals surface area contributed by atoms with Crippen LogP contribution in [0.5, 0.6) is 0 Å². The second-order valence-electron chi connectivity index (χ2n) is 4.83. The first-order chi connectivity index (χ1) is 7.07. The fourth-order valence-electron chi connectivity index (χ4n) is 1.52. The van der Waals surface area contributed by atoms with Crippen LogP contribution in [-0.4, -0.2) is 37.1 Å². The van der Waals surface area contributed by atoms with Gasteiger partial charge in [-0.25, -0.2) is 0 Å². The van der Waals surface area contributed by atoms with Crippen LogP contribution in [-0.2, 0) is 0 Å². The Morgan fingerprint density at radius 3 is 2.40 bits per heavy atom. The zero-order valence-electron chi connectivity index (χ0n) is 10.9. The molecule has 0 aromatic carbocycles. The van der Waals surface area contributed by atoms with Crippen molar-refractivity contribution in [3.05, 3.63) is 12.7 Å². The lowest BCUT2D eigenvalue weighted by molar-refractivity contribution is 0.242. The molecule has 15 heavy (non-hydrogen) atoms. The van der Waals surface area contributed by atoms with Gasteiger partial charge in [0.05, 0.1) is 0 Å². The van der Waals surface area contributed by atoms with E-state index in [0.29, 0.717) is 6.04 Å². The largest absolute Gasteiger partial charge is 0.316 e. The monoisotopic (exact) mass is 212 g/mol. The zero-order chi connectivity index (χ0) is 11.7. The van der Waals surface area contributed by atoms with Gasteiger partial charge in [0.15, 0.2) is 0 Å². The summed E-state index contributed by atoms with van der Waals surface area (Å²) in [7, 11) is 0. The molecule has 0 spiro atoms. The average Bonchev–Trinajstić information content (AvgIpc) is 2.15. The van der Waals surface area contributed by atoms with Crippen LogP contribution in [0.25, 0.3) is 0 Å². The quantitative estimate of drug-likeness (QED) is 0.467. The molecule has 0 aromatic heterocycles. The van der Waals surface area contributed by atoms with Crippen LogP contribution < -0.4 is 5.32 Å². The van der Waals surface area contributed by atoms with Crippen molar-refractivity contribution in [3.63, 3.8) is 0 Å². The highest BCUT2D eigenvalue weighted by Gasteiger charge is 2.06. The van der Waals surface area contributed by atoms with Crippen LogP contribution in [0.15, 0.2) is 12.7 Å². The molecule has 2 nitrogen and oxygen atoms in total. The molecular formula is C13H28N2. The van der Waals surface area contributed by atoms with E-state index in [-0.39, 0.29) is 0 Å². The molecule has 0 fully saturated rings. The van der Waals surface area contributed by atoms with E-state index in [0.717, 1.165) is 32.1 Å². The summed E-state index contributed by atoms with van der Waals surface area (Å²) in [6.07, 6.45) is 3.21. The summed E-state index contributed by atoms with van der Waals surface area (Å²) in [5.74, 6) is 0.749. The molecule has 0 aromatic rings. The van der Waals surface area contributed by atoms with Gasteiger partial charge in [0.1, 0.15) is 0 Å². The maximum Gasteiger partial charge on any atom is 0.0163 e. The summed E-state index contributed by atoms with van der Waals surface area (Å²) in [6, 6.07) is 0.619. The minimum absolute atomic E-state index is 0.619. The van der Waals surface area contributed by atoms with Gasteiger partial charge >= 0.3 is 0 Å². The molecule has 0 rings (SSSR count). The Kier molecular flexibility index (Phi) is 8.73. The van der Waals surface area contributed by atoms with Crippen molar-refractivity contribution in [1.29, 1.82) is 0 Å². The SMILES string of the molecule is C=CCN(CCCNCC(C)C)C(C)C. The Labute approximate surface area is 95.7 Å². The highest BCUT2D eigenvalue weighted by Crippen LogP contribution is 1.99. The second-order valence-corrected chi connectivity index (χ2v) is 4.83. The van der Waals surface area contributed by atoms with Crippen molar-refractivity contribution in [1.82, 2.24) is 10.2 Å². The van der Waals surface area contributed by atoms with Crippen molar-refractivity contribution in [2.24, 2.45) is 5.92 Å². The van der Waals surface area contributed by atoms with Crippen LogP contribution >= 0.6 is 0 Å². The minimum Gasteiger partial charge on any atom is -0.316 e. The van der Waals surface area contributed by atoms with Crippen molar-refractivity contribution in [3.8, 4) is 0 Å². The van der Waals surface area contributed by atoms with Crippen molar-refractivity contribution in [2.75, 3.05) is 26.2 Å². The maximum absolute atomic E-state index is 3.79. The molecule has 0 unspecified atom stereocenters. The van der Waals surface area contributed by atoms with Gasteiger partial charge in [-0.2, -0.15) is 0 Å². The van der Waals surface area contributed by atoms with Crippen LogP contribution in [0, 0.1) is 5.92 Å². The average molecular weight is 212 g/mol. The Morgan fingerprint density at radius 2 is 1.93 bits per heavy atom. The molecule has 0 radical (unpaired) electrons. The van der Waals surface area contributed by atoms with Crippen molar-refractivity contribution in [2.45, 2.75) is 40.2 Å². The van der Waals surface area contributed by atoms with E-state index < -0.39 is 0 Å². The van der Waals surface area contributed by atoms with Gasteiger partial charge in [0.25, 0.3) is 0 Å². The van der Waals surface area contributed by atoms with E-state index in [1.54, 1.807) is 0 Å².